The zero-order valence-corrected chi connectivity index (χ0v) is 14.6. The minimum absolute atomic E-state index is 1.08. The second-order valence-corrected chi connectivity index (χ2v) is 6.59. The highest BCUT2D eigenvalue weighted by Crippen LogP contribution is 2.36. The number of hydrogen-bond acceptors (Lipinski definition) is 1. The summed E-state index contributed by atoms with van der Waals surface area (Å²) < 4.78 is 1.08. The van der Waals surface area contributed by atoms with Gasteiger partial charge in [-0.05, 0) is 59.3 Å². The molecule has 0 spiro atoms. The van der Waals surface area contributed by atoms with Crippen molar-refractivity contribution in [1.82, 2.24) is 0 Å². The van der Waals surface area contributed by atoms with Gasteiger partial charge < -0.3 is 4.90 Å². The molecule has 0 saturated heterocycles. The van der Waals surface area contributed by atoms with Crippen LogP contribution < -0.4 is 4.90 Å². The van der Waals surface area contributed by atoms with Gasteiger partial charge in [0.25, 0.3) is 0 Å². The van der Waals surface area contributed by atoms with E-state index in [0.29, 0.717) is 0 Å². The van der Waals surface area contributed by atoms with E-state index >= 15 is 0 Å². The summed E-state index contributed by atoms with van der Waals surface area (Å²) >= 11 is 3.52. The van der Waals surface area contributed by atoms with Gasteiger partial charge in [-0.3, -0.25) is 0 Å². The molecule has 0 radical (unpaired) electrons. The van der Waals surface area contributed by atoms with Gasteiger partial charge in [-0.1, -0.05) is 64.5 Å². The van der Waals surface area contributed by atoms with Crippen molar-refractivity contribution in [1.29, 1.82) is 0 Å². The van der Waals surface area contributed by atoms with Gasteiger partial charge >= 0.3 is 0 Å². The fraction of sp³-hybridized carbons (Fsp3) is 0. The Bertz CT molecular complexity index is 962. The highest BCUT2D eigenvalue weighted by Gasteiger charge is 2.12. The smallest absolute Gasteiger partial charge is 0.0468 e. The van der Waals surface area contributed by atoms with Gasteiger partial charge in [0.05, 0.1) is 0 Å². The Balaban J connectivity index is 1.89. The Hall–Kier alpha value is -2.58. The van der Waals surface area contributed by atoms with Gasteiger partial charge in [0, 0.05) is 21.5 Å². The molecule has 4 aromatic carbocycles. The third-order valence-corrected chi connectivity index (χ3v) is 4.62. The SMILES string of the molecule is Brc1ccc(N(c2ccccc2)c2ccc3ccccc3c2)cc1. The topological polar surface area (TPSA) is 3.24 Å². The molecule has 4 aromatic rings. The standard InChI is InChI=1S/C22H16BrN/c23-19-11-14-21(15-12-19)24(20-8-2-1-3-9-20)22-13-10-17-6-4-5-7-18(17)16-22/h1-16H. The van der Waals surface area contributed by atoms with Crippen LogP contribution in [0.5, 0.6) is 0 Å². The summed E-state index contributed by atoms with van der Waals surface area (Å²) in [6.07, 6.45) is 0. The van der Waals surface area contributed by atoms with Gasteiger partial charge in [0.15, 0.2) is 0 Å². The second-order valence-electron chi connectivity index (χ2n) is 5.68. The lowest BCUT2D eigenvalue weighted by molar-refractivity contribution is 1.29. The summed E-state index contributed by atoms with van der Waals surface area (Å²) in [6, 6.07) is 33.9. The molecule has 2 heteroatoms. The van der Waals surface area contributed by atoms with Crippen molar-refractivity contribution >= 4 is 43.8 Å². The van der Waals surface area contributed by atoms with Crippen molar-refractivity contribution in [2.45, 2.75) is 0 Å². The van der Waals surface area contributed by atoms with Crippen LogP contribution in [0.3, 0.4) is 0 Å². The molecule has 0 heterocycles. The first-order valence-electron chi connectivity index (χ1n) is 7.91. The van der Waals surface area contributed by atoms with Crippen molar-refractivity contribution in [3.63, 3.8) is 0 Å². The minimum Gasteiger partial charge on any atom is -0.310 e. The molecule has 0 aromatic heterocycles. The number of hydrogen-bond donors (Lipinski definition) is 0. The van der Waals surface area contributed by atoms with Crippen LogP contribution in [-0.4, -0.2) is 0 Å². The molecule has 0 saturated carbocycles. The van der Waals surface area contributed by atoms with Crippen molar-refractivity contribution in [3.8, 4) is 0 Å². The van der Waals surface area contributed by atoms with Crippen LogP contribution in [0.25, 0.3) is 10.8 Å². The zero-order chi connectivity index (χ0) is 16.4. The third kappa shape index (κ3) is 2.93. The van der Waals surface area contributed by atoms with Gasteiger partial charge in [0.1, 0.15) is 0 Å². The molecular formula is C22H16BrN. The number of benzene rings is 4. The van der Waals surface area contributed by atoms with Crippen molar-refractivity contribution in [2.24, 2.45) is 0 Å². The van der Waals surface area contributed by atoms with Crippen molar-refractivity contribution in [2.75, 3.05) is 4.90 Å². The normalized spacial score (nSPS) is 10.7. The first-order chi connectivity index (χ1) is 11.8. The quantitative estimate of drug-likeness (QED) is 0.371. The molecule has 1 nitrogen and oxygen atoms in total. The Morgan fingerprint density at radius 1 is 0.500 bits per heavy atom. The Morgan fingerprint density at radius 2 is 1.08 bits per heavy atom. The highest BCUT2D eigenvalue weighted by atomic mass is 79.9. The fourth-order valence-corrected chi connectivity index (χ4v) is 3.19. The molecule has 116 valence electrons. The molecule has 0 aliphatic heterocycles. The van der Waals surface area contributed by atoms with Crippen LogP contribution in [-0.2, 0) is 0 Å². The molecule has 0 unspecified atom stereocenters. The van der Waals surface area contributed by atoms with Gasteiger partial charge in [0.2, 0.25) is 0 Å². The average molecular weight is 374 g/mol. The van der Waals surface area contributed by atoms with E-state index in [1.165, 1.54) is 10.8 Å². The maximum Gasteiger partial charge on any atom is 0.0468 e. The number of anilines is 3. The van der Waals surface area contributed by atoms with E-state index in [-0.39, 0.29) is 0 Å². The van der Waals surface area contributed by atoms with E-state index in [0.717, 1.165) is 21.5 Å². The number of halogens is 1. The average Bonchev–Trinajstić information content (AvgIpc) is 2.64. The summed E-state index contributed by atoms with van der Waals surface area (Å²) in [5.74, 6) is 0. The highest BCUT2D eigenvalue weighted by molar-refractivity contribution is 9.10. The van der Waals surface area contributed by atoms with Crippen LogP contribution >= 0.6 is 15.9 Å². The molecule has 24 heavy (non-hydrogen) atoms. The Kier molecular flexibility index (Phi) is 4.06. The maximum absolute atomic E-state index is 3.52. The van der Waals surface area contributed by atoms with Crippen LogP contribution in [0.15, 0.2) is 102 Å². The van der Waals surface area contributed by atoms with Crippen LogP contribution in [0, 0.1) is 0 Å². The molecule has 0 aliphatic rings. The number of fused-ring (bicyclic) bond motifs is 1. The second kappa shape index (κ2) is 6.50. The number of para-hydroxylation sites is 1. The number of rotatable bonds is 3. The molecule has 0 atom stereocenters. The van der Waals surface area contributed by atoms with Crippen molar-refractivity contribution in [3.05, 3.63) is 102 Å². The van der Waals surface area contributed by atoms with E-state index in [9.17, 15) is 0 Å². The minimum atomic E-state index is 1.08. The molecular weight excluding hydrogens is 358 g/mol. The molecule has 0 fully saturated rings. The number of nitrogens with zero attached hydrogens (tertiary/aromatic N) is 1. The van der Waals surface area contributed by atoms with E-state index in [1.807, 2.05) is 6.07 Å². The Morgan fingerprint density at radius 3 is 1.83 bits per heavy atom. The lowest BCUT2D eigenvalue weighted by Crippen LogP contribution is -2.09. The fourth-order valence-electron chi connectivity index (χ4n) is 2.93. The van der Waals surface area contributed by atoms with Gasteiger partial charge in [-0.15, -0.1) is 0 Å². The largest absolute Gasteiger partial charge is 0.310 e. The van der Waals surface area contributed by atoms with Gasteiger partial charge in [-0.25, -0.2) is 0 Å². The summed E-state index contributed by atoms with van der Waals surface area (Å²) in [7, 11) is 0. The summed E-state index contributed by atoms with van der Waals surface area (Å²) in [5, 5.41) is 2.50. The maximum atomic E-state index is 3.52. The summed E-state index contributed by atoms with van der Waals surface area (Å²) in [4.78, 5) is 2.28. The molecule has 0 N–H and O–H groups in total. The van der Waals surface area contributed by atoms with Crippen LogP contribution in [0.1, 0.15) is 0 Å². The predicted octanol–water partition coefficient (Wildman–Crippen LogP) is 7.07. The monoisotopic (exact) mass is 373 g/mol. The van der Waals surface area contributed by atoms with Gasteiger partial charge in [-0.2, -0.15) is 0 Å². The molecule has 0 aliphatic carbocycles. The van der Waals surface area contributed by atoms with Crippen LogP contribution in [0.4, 0.5) is 17.1 Å². The van der Waals surface area contributed by atoms with E-state index in [4.69, 9.17) is 0 Å². The van der Waals surface area contributed by atoms with E-state index < -0.39 is 0 Å². The molecule has 4 rings (SSSR count). The van der Waals surface area contributed by atoms with E-state index in [2.05, 4.69) is 112 Å². The van der Waals surface area contributed by atoms with Crippen LogP contribution in [0.2, 0.25) is 0 Å². The third-order valence-electron chi connectivity index (χ3n) is 4.09. The molecule has 0 amide bonds. The van der Waals surface area contributed by atoms with Crippen molar-refractivity contribution < 1.29 is 0 Å². The predicted molar refractivity (Wildman–Crippen MR) is 106 cm³/mol. The summed E-state index contributed by atoms with van der Waals surface area (Å²) in [6.45, 7) is 0. The lowest BCUT2D eigenvalue weighted by Gasteiger charge is -2.25. The van der Waals surface area contributed by atoms with E-state index in [1.54, 1.807) is 0 Å². The first kappa shape index (κ1) is 15.0. The molecule has 0 bridgehead atoms. The first-order valence-corrected chi connectivity index (χ1v) is 8.70. The summed E-state index contributed by atoms with van der Waals surface area (Å²) in [5.41, 5.74) is 3.44. The zero-order valence-electron chi connectivity index (χ0n) is 13.1. The lowest BCUT2D eigenvalue weighted by atomic mass is 10.1. The Labute approximate surface area is 150 Å².